The van der Waals surface area contributed by atoms with Crippen LogP contribution < -0.4 is 5.32 Å². The van der Waals surface area contributed by atoms with Crippen LogP contribution in [0.5, 0.6) is 0 Å². The summed E-state index contributed by atoms with van der Waals surface area (Å²) in [6.07, 6.45) is 1.72. The van der Waals surface area contributed by atoms with Crippen LogP contribution in [0.3, 0.4) is 0 Å². The van der Waals surface area contributed by atoms with Crippen LogP contribution in [0.15, 0.2) is 48.5 Å². The first-order valence-electron chi connectivity index (χ1n) is 8.03. The number of hydrogen-bond donors (Lipinski definition) is 3. The quantitative estimate of drug-likeness (QED) is 0.740. The van der Waals surface area contributed by atoms with Crippen molar-refractivity contribution in [1.82, 2.24) is 0 Å². The normalized spacial score (nSPS) is 16.9. The van der Waals surface area contributed by atoms with Gasteiger partial charge in [-0.3, -0.25) is 4.79 Å². The van der Waals surface area contributed by atoms with Crippen molar-refractivity contribution >= 4 is 23.3 Å². The minimum atomic E-state index is -0.743. The van der Waals surface area contributed by atoms with Gasteiger partial charge in [0.1, 0.15) is 0 Å². The van der Waals surface area contributed by atoms with E-state index in [1.165, 1.54) is 0 Å². The molecular weight excluding hydrogens is 326 g/mol. The maximum Gasteiger partial charge on any atom is 0.314 e. The zero-order valence-electron chi connectivity index (χ0n) is 13.2. The van der Waals surface area contributed by atoms with Crippen LogP contribution in [-0.4, -0.2) is 22.7 Å². The van der Waals surface area contributed by atoms with Crippen molar-refractivity contribution in [3.05, 3.63) is 64.7 Å². The third-order valence-corrected chi connectivity index (χ3v) is 5.06. The molecule has 1 atom stereocenters. The molecule has 0 spiro atoms. The molecule has 0 bridgehead atoms. The smallest absolute Gasteiger partial charge is 0.314 e. The van der Waals surface area contributed by atoms with Crippen molar-refractivity contribution in [2.24, 2.45) is 0 Å². The highest BCUT2D eigenvalue weighted by Gasteiger charge is 2.45. The molecule has 126 valence electrons. The number of hydrogen-bond acceptors (Lipinski definition) is 3. The molecule has 2 aromatic carbocycles. The van der Waals surface area contributed by atoms with Crippen LogP contribution in [0.1, 0.15) is 36.5 Å². The molecule has 1 unspecified atom stereocenters. The number of aliphatic carboxylic acids is 1. The molecule has 0 amide bonds. The van der Waals surface area contributed by atoms with Crippen molar-refractivity contribution in [3.8, 4) is 0 Å². The van der Waals surface area contributed by atoms with Gasteiger partial charge in [0.2, 0.25) is 0 Å². The molecule has 3 N–H and O–H groups in total. The van der Waals surface area contributed by atoms with Crippen molar-refractivity contribution in [2.45, 2.75) is 30.8 Å². The Labute approximate surface area is 146 Å². The highest BCUT2D eigenvalue weighted by molar-refractivity contribution is 6.30. The molecule has 0 aromatic heterocycles. The van der Waals surface area contributed by atoms with E-state index in [4.69, 9.17) is 11.6 Å². The fraction of sp³-hybridized carbons (Fsp3) is 0.316. The average molecular weight is 346 g/mol. The van der Waals surface area contributed by atoms with Crippen LogP contribution >= 0.6 is 11.6 Å². The summed E-state index contributed by atoms with van der Waals surface area (Å²) in [6, 6.07) is 14.6. The molecule has 0 saturated heterocycles. The second-order valence-corrected chi connectivity index (χ2v) is 6.70. The Balaban J connectivity index is 1.62. The SMILES string of the molecule is O=C(O)C1(c2ccc(NCC(O)c3ccc(Cl)cc3)cc2)CCC1. The maximum atomic E-state index is 11.5. The summed E-state index contributed by atoms with van der Waals surface area (Å²) in [5, 5.41) is 23.5. The number of carboxylic acid groups (broad SMARTS) is 1. The molecule has 24 heavy (non-hydrogen) atoms. The second kappa shape index (κ2) is 6.83. The minimum Gasteiger partial charge on any atom is -0.481 e. The monoisotopic (exact) mass is 345 g/mol. The summed E-state index contributed by atoms with van der Waals surface area (Å²) in [5.41, 5.74) is 1.79. The number of benzene rings is 2. The molecule has 1 aliphatic rings. The molecule has 3 rings (SSSR count). The van der Waals surface area contributed by atoms with Crippen molar-refractivity contribution in [1.29, 1.82) is 0 Å². The summed E-state index contributed by atoms with van der Waals surface area (Å²) < 4.78 is 0. The van der Waals surface area contributed by atoms with Gasteiger partial charge in [-0.05, 0) is 48.2 Å². The molecule has 4 nitrogen and oxygen atoms in total. The number of rotatable bonds is 6. The summed E-state index contributed by atoms with van der Waals surface area (Å²) in [7, 11) is 0. The Kier molecular flexibility index (Phi) is 4.78. The van der Waals surface area contributed by atoms with E-state index < -0.39 is 17.5 Å². The van der Waals surface area contributed by atoms with E-state index in [1.807, 2.05) is 24.3 Å². The number of aliphatic hydroxyl groups is 1. The lowest BCUT2D eigenvalue weighted by atomic mass is 9.64. The molecule has 0 heterocycles. The Bertz CT molecular complexity index is 708. The standard InChI is InChI=1S/C19H20ClNO3/c20-15-6-2-13(3-7-15)17(22)12-21-16-8-4-14(5-9-16)19(18(23)24)10-1-11-19/h2-9,17,21-22H,1,10-12H2,(H,23,24). The van der Waals surface area contributed by atoms with E-state index in [0.29, 0.717) is 24.4 Å². The van der Waals surface area contributed by atoms with Gasteiger partial charge in [0.25, 0.3) is 0 Å². The van der Waals surface area contributed by atoms with Gasteiger partial charge in [0.15, 0.2) is 0 Å². The van der Waals surface area contributed by atoms with Crippen LogP contribution in [-0.2, 0) is 10.2 Å². The van der Waals surface area contributed by atoms with Gasteiger partial charge >= 0.3 is 5.97 Å². The van der Waals surface area contributed by atoms with Crippen LogP contribution in [0, 0.1) is 0 Å². The summed E-state index contributed by atoms with van der Waals surface area (Å²) in [6.45, 7) is 0.366. The third-order valence-electron chi connectivity index (χ3n) is 4.81. The lowest BCUT2D eigenvalue weighted by Gasteiger charge is -2.38. The Morgan fingerprint density at radius 2 is 1.75 bits per heavy atom. The van der Waals surface area contributed by atoms with Gasteiger partial charge in [-0.2, -0.15) is 0 Å². The second-order valence-electron chi connectivity index (χ2n) is 6.27. The number of anilines is 1. The predicted molar refractivity (Wildman–Crippen MR) is 94.5 cm³/mol. The number of aliphatic hydroxyl groups excluding tert-OH is 1. The molecule has 2 aromatic rings. The first-order chi connectivity index (χ1) is 11.5. The fourth-order valence-electron chi connectivity index (χ4n) is 3.08. The highest BCUT2D eigenvalue weighted by atomic mass is 35.5. The topological polar surface area (TPSA) is 69.6 Å². The first-order valence-corrected chi connectivity index (χ1v) is 8.40. The number of halogens is 1. The Hall–Kier alpha value is -2.04. The molecule has 0 radical (unpaired) electrons. The van der Waals surface area contributed by atoms with E-state index in [-0.39, 0.29) is 0 Å². The molecular formula is C19H20ClNO3. The summed E-state index contributed by atoms with van der Waals surface area (Å²) in [4.78, 5) is 11.5. The van der Waals surface area contributed by atoms with Gasteiger partial charge in [-0.15, -0.1) is 0 Å². The number of carbonyl (C=O) groups is 1. The highest BCUT2D eigenvalue weighted by Crippen LogP contribution is 2.44. The van der Waals surface area contributed by atoms with Gasteiger partial charge in [0.05, 0.1) is 11.5 Å². The van der Waals surface area contributed by atoms with Crippen molar-refractivity contribution in [2.75, 3.05) is 11.9 Å². The molecule has 1 saturated carbocycles. The van der Waals surface area contributed by atoms with Crippen LogP contribution in [0.25, 0.3) is 0 Å². The zero-order valence-corrected chi connectivity index (χ0v) is 14.0. The van der Waals surface area contributed by atoms with E-state index in [9.17, 15) is 15.0 Å². The predicted octanol–water partition coefficient (Wildman–Crippen LogP) is 3.99. The van der Waals surface area contributed by atoms with Crippen LogP contribution in [0.4, 0.5) is 5.69 Å². The molecule has 1 fully saturated rings. The van der Waals surface area contributed by atoms with Crippen molar-refractivity contribution in [3.63, 3.8) is 0 Å². The number of carboxylic acids is 1. The van der Waals surface area contributed by atoms with Gasteiger partial charge in [0, 0.05) is 17.3 Å². The minimum absolute atomic E-state index is 0.366. The third kappa shape index (κ3) is 3.25. The van der Waals surface area contributed by atoms with E-state index in [0.717, 1.165) is 23.2 Å². The van der Waals surface area contributed by atoms with Gasteiger partial charge in [-0.1, -0.05) is 42.3 Å². The molecule has 1 aliphatic carbocycles. The number of nitrogens with one attached hydrogen (secondary N) is 1. The Morgan fingerprint density at radius 1 is 1.12 bits per heavy atom. The largest absolute Gasteiger partial charge is 0.481 e. The van der Waals surface area contributed by atoms with Gasteiger partial charge < -0.3 is 15.5 Å². The summed E-state index contributed by atoms with van der Waals surface area (Å²) >= 11 is 5.84. The fourth-order valence-corrected chi connectivity index (χ4v) is 3.21. The lowest BCUT2D eigenvalue weighted by Crippen LogP contribution is -2.42. The average Bonchev–Trinajstić information content (AvgIpc) is 2.53. The maximum absolute atomic E-state index is 11.5. The first kappa shape index (κ1) is 16.8. The van der Waals surface area contributed by atoms with E-state index in [2.05, 4.69) is 5.32 Å². The Morgan fingerprint density at radius 3 is 2.25 bits per heavy atom. The van der Waals surface area contributed by atoms with Gasteiger partial charge in [-0.25, -0.2) is 0 Å². The van der Waals surface area contributed by atoms with Crippen LogP contribution in [0.2, 0.25) is 5.02 Å². The molecule has 0 aliphatic heterocycles. The molecule has 5 heteroatoms. The van der Waals surface area contributed by atoms with E-state index in [1.54, 1.807) is 24.3 Å². The van der Waals surface area contributed by atoms with Crippen molar-refractivity contribution < 1.29 is 15.0 Å². The lowest BCUT2D eigenvalue weighted by molar-refractivity contribution is -0.147. The zero-order chi connectivity index (χ0) is 17.2. The summed E-state index contributed by atoms with van der Waals surface area (Å²) in [5.74, 6) is -0.743. The van der Waals surface area contributed by atoms with E-state index >= 15 is 0 Å².